The highest BCUT2D eigenvalue weighted by molar-refractivity contribution is 6.59. The minimum absolute atomic E-state index is 0.238. The van der Waals surface area contributed by atoms with E-state index in [4.69, 9.17) is 0 Å². The van der Waals surface area contributed by atoms with Crippen LogP contribution in [0.3, 0.4) is 0 Å². The van der Waals surface area contributed by atoms with Gasteiger partial charge in [0, 0.05) is 37.8 Å². The van der Waals surface area contributed by atoms with Crippen LogP contribution in [-0.2, 0) is 0 Å². The summed E-state index contributed by atoms with van der Waals surface area (Å²) in [5.74, 6) is -0.715. The normalized spacial score (nSPS) is 10.5. The quantitative estimate of drug-likeness (QED) is 0.564. The van der Waals surface area contributed by atoms with Crippen molar-refractivity contribution in [2.75, 3.05) is 21.1 Å². The second kappa shape index (κ2) is 9.86. The number of nitrogens with zero attached hydrogens (tertiary/aromatic N) is 3. The molecule has 0 spiro atoms. The molecule has 0 unspecified atom stereocenters. The summed E-state index contributed by atoms with van der Waals surface area (Å²) in [6.07, 6.45) is 0. The Morgan fingerprint density at radius 2 is 0.710 bits per heavy atom. The van der Waals surface area contributed by atoms with E-state index in [2.05, 4.69) is 0 Å². The van der Waals surface area contributed by atoms with Gasteiger partial charge in [-0.25, -0.2) is 0 Å². The van der Waals surface area contributed by atoms with Crippen LogP contribution < -0.4 is 0 Å². The lowest BCUT2D eigenvalue weighted by Gasteiger charge is -2.39. The van der Waals surface area contributed by atoms with Gasteiger partial charge in [-0.2, -0.15) is 0 Å². The van der Waals surface area contributed by atoms with Crippen LogP contribution in [0.15, 0.2) is 91.0 Å². The van der Waals surface area contributed by atoms with Crippen LogP contribution >= 0.6 is 0 Å². The lowest BCUT2D eigenvalue weighted by Crippen LogP contribution is -2.64. The van der Waals surface area contributed by atoms with Crippen LogP contribution in [0, 0.1) is 0 Å². The summed E-state index contributed by atoms with van der Waals surface area (Å²) in [7, 11) is 2.20. The summed E-state index contributed by atoms with van der Waals surface area (Å²) in [6, 6.07) is 26.6. The molecule has 3 aromatic carbocycles. The zero-order chi connectivity index (χ0) is 22.4. The van der Waals surface area contributed by atoms with Gasteiger partial charge < -0.3 is 13.7 Å². The molecule has 7 heteroatoms. The highest BCUT2D eigenvalue weighted by Crippen LogP contribution is 2.15. The van der Waals surface area contributed by atoms with Crippen molar-refractivity contribution in [3.05, 3.63) is 108 Å². The minimum atomic E-state index is -2.75. The Hall–Kier alpha value is -3.71. The van der Waals surface area contributed by atoms with Crippen molar-refractivity contribution in [1.29, 1.82) is 0 Å². The van der Waals surface area contributed by atoms with E-state index >= 15 is 0 Å². The predicted molar refractivity (Wildman–Crippen MR) is 123 cm³/mol. The Balaban J connectivity index is 1.97. The molecule has 0 saturated carbocycles. The molecule has 6 nitrogen and oxygen atoms in total. The lowest BCUT2D eigenvalue weighted by molar-refractivity contribution is 0.0779. The number of hydrogen-bond acceptors (Lipinski definition) is 3. The maximum absolute atomic E-state index is 13.2. The molecule has 3 aromatic rings. The summed E-state index contributed by atoms with van der Waals surface area (Å²) < 4.78 is 4.62. The van der Waals surface area contributed by atoms with Gasteiger partial charge in [0.15, 0.2) is 0 Å². The van der Waals surface area contributed by atoms with Gasteiger partial charge in [-0.15, -0.1) is 0 Å². The molecule has 0 atom stereocenters. The second-order valence-electron chi connectivity index (χ2n) is 7.19. The fourth-order valence-corrected chi connectivity index (χ4v) is 6.08. The van der Waals surface area contributed by atoms with Crippen LogP contribution in [0.1, 0.15) is 31.1 Å². The molecule has 0 saturated heterocycles. The highest BCUT2D eigenvalue weighted by atomic mass is 28.3. The van der Waals surface area contributed by atoms with Crippen LogP contribution in [0.5, 0.6) is 0 Å². The Bertz CT molecular complexity index is 909. The average Bonchev–Trinajstić information content (AvgIpc) is 2.84. The average molecular weight is 432 g/mol. The number of benzene rings is 3. The van der Waals surface area contributed by atoms with E-state index in [1.54, 1.807) is 93.9 Å². The van der Waals surface area contributed by atoms with Crippen LogP contribution in [0.4, 0.5) is 0 Å². The fraction of sp³-hybridized carbons (Fsp3) is 0.125. The molecule has 0 aliphatic rings. The molecule has 0 heterocycles. The summed E-state index contributed by atoms with van der Waals surface area (Å²) in [5.41, 5.74) is 1.51. The SMILES string of the molecule is CN(C(=O)c1ccccc1)[SiH](N(C)C(=O)c1ccccc1)N(C)C(=O)c1ccccc1. The van der Waals surface area contributed by atoms with Crippen molar-refractivity contribution in [3.8, 4) is 0 Å². The molecule has 0 fully saturated rings. The number of amides is 3. The van der Waals surface area contributed by atoms with Gasteiger partial charge in [-0.05, 0) is 36.4 Å². The first kappa shape index (κ1) is 22.0. The highest BCUT2D eigenvalue weighted by Gasteiger charge is 2.37. The summed E-state index contributed by atoms with van der Waals surface area (Å²) in [6.45, 7) is 0. The molecule has 0 aliphatic carbocycles. The van der Waals surface area contributed by atoms with Crippen molar-refractivity contribution in [2.24, 2.45) is 0 Å². The smallest absolute Gasteiger partial charge is 0.336 e. The Labute approximate surface area is 184 Å². The van der Waals surface area contributed by atoms with Crippen molar-refractivity contribution < 1.29 is 14.4 Å². The van der Waals surface area contributed by atoms with E-state index in [-0.39, 0.29) is 17.7 Å². The van der Waals surface area contributed by atoms with E-state index < -0.39 is 9.28 Å². The Kier molecular flexibility index (Phi) is 6.99. The van der Waals surface area contributed by atoms with E-state index in [1.807, 2.05) is 18.2 Å². The van der Waals surface area contributed by atoms with Crippen molar-refractivity contribution in [1.82, 2.24) is 13.7 Å². The first-order chi connectivity index (χ1) is 14.9. The Morgan fingerprint density at radius 1 is 0.484 bits per heavy atom. The molecule has 0 radical (unpaired) electrons. The second-order valence-corrected chi connectivity index (χ2v) is 10.2. The lowest BCUT2D eigenvalue weighted by atomic mass is 10.2. The third kappa shape index (κ3) is 4.89. The number of rotatable bonds is 6. The van der Waals surface area contributed by atoms with Crippen molar-refractivity contribution >= 4 is 27.0 Å². The third-order valence-electron chi connectivity index (χ3n) is 5.06. The maximum atomic E-state index is 13.2. The van der Waals surface area contributed by atoms with Gasteiger partial charge in [0.05, 0.1) is 0 Å². The van der Waals surface area contributed by atoms with Crippen LogP contribution in [0.25, 0.3) is 0 Å². The zero-order valence-corrected chi connectivity index (χ0v) is 19.0. The summed E-state index contributed by atoms with van der Waals surface area (Å²) in [4.78, 5) is 39.6. The van der Waals surface area contributed by atoms with Gasteiger partial charge in [-0.3, -0.25) is 14.4 Å². The monoisotopic (exact) mass is 431 g/mol. The topological polar surface area (TPSA) is 60.9 Å². The molecule has 31 heavy (non-hydrogen) atoms. The van der Waals surface area contributed by atoms with E-state index in [9.17, 15) is 14.4 Å². The molecule has 0 aromatic heterocycles. The molecule has 0 bridgehead atoms. The summed E-state index contributed by atoms with van der Waals surface area (Å²) in [5, 5.41) is 0. The molecular weight excluding hydrogens is 406 g/mol. The standard InChI is InChI=1S/C24H25N3O3Si/c1-25(22(28)19-13-7-4-8-14-19)31(26(2)23(29)20-15-9-5-10-16-20)27(3)24(30)21-17-11-6-12-18-21/h4-18,31H,1-3H3. The number of carbonyl (C=O) groups excluding carboxylic acids is 3. The first-order valence-electron chi connectivity index (χ1n) is 9.88. The minimum Gasteiger partial charge on any atom is -0.336 e. The fourth-order valence-electron chi connectivity index (χ4n) is 3.45. The van der Waals surface area contributed by atoms with E-state index in [0.29, 0.717) is 16.7 Å². The maximum Gasteiger partial charge on any atom is 0.370 e. The van der Waals surface area contributed by atoms with E-state index in [1.165, 1.54) is 13.7 Å². The molecule has 0 N–H and O–H groups in total. The van der Waals surface area contributed by atoms with Gasteiger partial charge >= 0.3 is 9.28 Å². The van der Waals surface area contributed by atoms with Crippen LogP contribution in [-0.4, -0.2) is 61.8 Å². The van der Waals surface area contributed by atoms with Crippen molar-refractivity contribution in [3.63, 3.8) is 0 Å². The van der Waals surface area contributed by atoms with Crippen molar-refractivity contribution in [2.45, 2.75) is 0 Å². The molecule has 3 amide bonds. The molecule has 3 rings (SSSR count). The predicted octanol–water partition coefficient (Wildman–Crippen LogP) is 3.02. The first-order valence-corrected chi connectivity index (χ1v) is 11.4. The largest absolute Gasteiger partial charge is 0.370 e. The Morgan fingerprint density at radius 3 is 0.935 bits per heavy atom. The molecule has 0 aliphatic heterocycles. The zero-order valence-electron chi connectivity index (χ0n) is 17.8. The number of carbonyl (C=O) groups is 3. The van der Waals surface area contributed by atoms with Gasteiger partial charge in [0.25, 0.3) is 0 Å². The van der Waals surface area contributed by atoms with Gasteiger partial charge in [0.1, 0.15) is 0 Å². The van der Waals surface area contributed by atoms with Crippen LogP contribution in [0.2, 0.25) is 0 Å². The third-order valence-corrected chi connectivity index (χ3v) is 7.84. The number of hydrogen-bond donors (Lipinski definition) is 0. The van der Waals surface area contributed by atoms with Gasteiger partial charge in [0.2, 0.25) is 17.7 Å². The molecular formula is C24H25N3O3Si. The van der Waals surface area contributed by atoms with Gasteiger partial charge in [-0.1, -0.05) is 54.6 Å². The molecule has 158 valence electrons. The van der Waals surface area contributed by atoms with E-state index in [0.717, 1.165) is 0 Å². The summed E-state index contributed by atoms with van der Waals surface area (Å²) >= 11 is 0.